The van der Waals surface area contributed by atoms with Gasteiger partial charge in [0.1, 0.15) is 11.4 Å². The number of hydrogen-bond acceptors (Lipinski definition) is 3. The highest BCUT2D eigenvalue weighted by Gasteiger charge is 2.12. The van der Waals surface area contributed by atoms with Crippen molar-refractivity contribution in [1.29, 1.82) is 0 Å². The summed E-state index contributed by atoms with van der Waals surface area (Å²) in [6.07, 6.45) is 0. The molecule has 0 aliphatic carbocycles. The van der Waals surface area contributed by atoms with Crippen LogP contribution >= 0.6 is 0 Å². The van der Waals surface area contributed by atoms with E-state index in [2.05, 4.69) is 10.3 Å². The number of hydrogen-bond donors (Lipinski definition) is 3. The zero-order valence-corrected chi connectivity index (χ0v) is 10.2. The molecule has 5 nitrogen and oxygen atoms in total. The molecule has 1 aromatic carbocycles. The van der Waals surface area contributed by atoms with Crippen LogP contribution < -0.4 is 16.6 Å². The van der Waals surface area contributed by atoms with E-state index < -0.39 is 17.3 Å². The summed E-state index contributed by atoms with van der Waals surface area (Å²) >= 11 is 0. The molecule has 0 bridgehead atoms. The third-order valence-corrected chi connectivity index (χ3v) is 2.56. The lowest BCUT2D eigenvalue weighted by Crippen LogP contribution is -2.23. The first-order valence-electron chi connectivity index (χ1n) is 5.53. The average molecular weight is 261 g/mol. The van der Waals surface area contributed by atoms with Gasteiger partial charge in [-0.1, -0.05) is 0 Å². The van der Waals surface area contributed by atoms with Crippen molar-refractivity contribution in [2.75, 3.05) is 11.1 Å². The van der Waals surface area contributed by atoms with Crippen LogP contribution in [0, 0.1) is 12.7 Å². The van der Waals surface area contributed by atoms with Crippen LogP contribution in [0.15, 0.2) is 35.1 Å². The topological polar surface area (TPSA) is 88.0 Å². The molecule has 0 aliphatic rings. The number of nitrogens with two attached hydrogens (primary N) is 1. The summed E-state index contributed by atoms with van der Waals surface area (Å²) in [6.45, 7) is 1.70. The normalized spacial score (nSPS) is 10.2. The number of benzene rings is 1. The summed E-state index contributed by atoms with van der Waals surface area (Å²) in [5.74, 6) is -1.17. The van der Waals surface area contributed by atoms with Crippen molar-refractivity contribution in [3.63, 3.8) is 0 Å². The Hall–Kier alpha value is -2.63. The van der Waals surface area contributed by atoms with E-state index in [1.165, 1.54) is 18.2 Å². The van der Waals surface area contributed by atoms with Crippen molar-refractivity contribution in [3.05, 3.63) is 57.8 Å². The van der Waals surface area contributed by atoms with Crippen LogP contribution in [-0.2, 0) is 0 Å². The van der Waals surface area contributed by atoms with Crippen molar-refractivity contribution in [1.82, 2.24) is 4.98 Å². The number of amides is 1. The molecule has 0 atom stereocenters. The molecule has 2 aromatic rings. The van der Waals surface area contributed by atoms with Crippen LogP contribution in [0.1, 0.15) is 16.1 Å². The molecule has 1 aromatic heterocycles. The lowest BCUT2D eigenvalue weighted by Gasteiger charge is -2.08. The monoisotopic (exact) mass is 261 g/mol. The van der Waals surface area contributed by atoms with Crippen LogP contribution in [0.3, 0.4) is 0 Å². The maximum Gasteiger partial charge on any atom is 0.261 e. The molecule has 0 spiro atoms. The zero-order chi connectivity index (χ0) is 14.0. The molecule has 2 rings (SSSR count). The average Bonchev–Trinajstić information content (AvgIpc) is 2.33. The molecule has 4 N–H and O–H groups in total. The summed E-state index contributed by atoms with van der Waals surface area (Å²) in [7, 11) is 0. The third kappa shape index (κ3) is 2.79. The number of H-pyrrole nitrogens is 1. The highest BCUT2D eigenvalue weighted by atomic mass is 19.1. The Kier molecular flexibility index (Phi) is 3.33. The number of halogens is 1. The number of carbonyl (C=O) groups excluding carboxylic acids is 1. The molecule has 19 heavy (non-hydrogen) atoms. The minimum atomic E-state index is -0.640. The van der Waals surface area contributed by atoms with Gasteiger partial charge in [0.15, 0.2) is 0 Å². The first-order valence-corrected chi connectivity index (χ1v) is 5.53. The fraction of sp³-hybridized carbons (Fsp3) is 0.0769. The number of pyridine rings is 1. The van der Waals surface area contributed by atoms with Crippen molar-refractivity contribution >= 4 is 17.3 Å². The van der Waals surface area contributed by atoms with Gasteiger partial charge in [-0.2, -0.15) is 0 Å². The molecule has 1 amide bonds. The van der Waals surface area contributed by atoms with E-state index in [0.29, 0.717) is 5.69 Å². The molecular formula is C13H12FN3O2. The quantitative estimate of drug-likeness (QED) is 0.718. The van der Waals surface area contributed by atoms with Gasteiger partial charge in [0.05, 0.1) is 11.4 Å². The zero-order valence-electron chi connectivity index (χ0n) is 10.2. The largest absolute Gasteiger partial charge is 0.397 e. The SMILES string of the molecule is Cc1ccc(C(=O)Nc2cc(F)ccc2N)c(=O)[nH]1. The predicted octanol–water partition coefficient (Wildman–Crippen LogP) is 1.66. The molecule has 0 saturated heterocycles. The number of nitrogens with one attached hydrogen (secondary N) is 2. The number of anilines is 2. The van der Waals surface area contributed by atoms with Crippen molar-refractivity contribution in [3.8, 4) is 0 Å². The van der Waals surface area contributed by atoms with E-state index in [1.54, 1.807) is 13.0 Å². The Bertz CT molecular complexity index is 695. The van der Waals surface area contributed by atoms with Crippen LogP contribution in [0.4, 0.5) is 15.8 Å². The first kappa shape index (κ1) is 12.8. The Balaban J connectivity index is 2.31. The number of rotatable bonds is 2. The smallest absolute Gasteiger partial charge is 0.261 e. The van der Waals surface area contributed by atoms with E-state index >= 15 is 0 Å². The van der Waals surface area contributed by atoms with Gasteiger partial charge in [-0.3, -0.25) is 9.59 Å². The summed E-state index contributed by atoms with van der Waals surface area (Å²) in [5.41, 5.74) is 6.04. The fourth-order valence-corrected chi connectivity index (χ4v) is 1.58. The predicted molar refractivity (Wildman–Crippen MR) is 70.6 cm³/mol. The molecule has 0 saturated carbocycles. The van der Waals surface area contributed by atoms with Gasteiger partial charge in [0, 0.05) is 5.69 Å². The van der Waals surface area contributed by atoms with Gasteiger partial charge in [0.25, 0.3) is 11.5 Å². The van der Waals surface area contributed by atoms with Gasteiger partial charge >= 0.3 is 0 Å². The lowest BCUT2D eigenvalue weighted by molar-refractivity contribution is 0.102. The van der Waals surface area contributed by atoms with E-state index in [1.807, 2.05) is 0 Å². The molecule has 1 heterocycles. The van der Waals surface area contributed by atoms with E-state index in [-0.39, 0.29) is 16.9 Å². The molecular weight excluding hydrogens is 249 g/mol. The molecule has 0 fully saturated rings. The van der Waals surface area contributed by atoms with Gasteiger partial charge in [-0.15, -0.1) is 0 Å². The first-order chi connectivity index (χ1) is 8.97. The van der Waals surface area contributed by atoms with Crippen molar-refractivity contribution < 1.29 is 9.18 Å². The Morgan fingerprint density at radius 3 is 2.74 bits per heavy atom. The Labute approximate surface area is 108 Å². The number of nitrogen functional groups attached to an aromatic ring is 1. The fourth-order valence-electron chi connectivity index (χ4n) is 1.58. The standard InChI is InChI=1S/C13H12FN3O2/c1-7-2-4-9(12(18)16-7)13(19)17-11-6-8(14)3-5-10(11)15/h2-6H,15H2,1H3,(H,16,18)(H,17,19). The van der Waals surface area contributed by atoms with Crippen LogP contribution in [0.2, 0.25) is 0 Å². The van der Waals surface area contributed by atoms with E-state index in [0.717, 1.165) is 6.07 Å². The second kappa shape index (κ2) is 4.93. The lowest BCUT2D eigenvalue weighted by atomic mass is 10.2. The highest BCUT2D eigenvalue weighted by molar-refractivity contribution is 6.05. The minimum Gasteiger partial charge on any atom is -0.397 e. The molecule has 98 valence electrons. The van der Waals surface area contributed by atoms with E-state index in [9.17, 15) is 14.0 Å². The molecule has 0 radical (unpaired) electrons. The summed E-state index contributed by atoms with van der Waals surface area (Å²) in [6, 6.07) is 6.62. The maximum atomic E-state index is 13.1. The minimum absolute atomic E-state index is 0.0609. The number of aromatic amines is 1. The second-order valence-electron chi connectivity index (χ2n) is 4.07. The third-order valence-electron chi connectivity index (χ3n) is 2.56. The van der Waals surface area contributed by atoms with Crippen molar-refractivity contribution in [2.24, 2.45) is 0 Å². The molecule has 0 aliphatic heterocycles. The number of aromatic nitrogens is 1. The summed E-state index contributed by atoms with van der Waals surface area (Å²) in [4.78, 5) is 26.0. The number of aryl methyl sites for hydroxylation is 1. The summed E-state index contributed by atoms with van der Waals surface area (Å²) < 4.78 is 13.1. The van der Waals surface area contributed by atoms with E-state index in [4.69, 9.17) is 5.73 Å². The van der Waals surface area contributed by atoms with Crippen LogP contribution in [0.5, 0.6) is 0 Å². The molecule has 0 unspecified atom stereocenters. The van der Waals surface area contributed by atoms with Gasteiger partial charge in [-0.05, 0) is 37.3 Å². The van der Waals surface area contributed by atoms with Crippen LogP contribution in [-0.4, -0.2) is 10.9 Å². The number of carbonyl (C=O) groups is 1. The van der Waals surface area contributed by atoms with Gasteiger partial charge in [0.2, 0.25) is 0 Å². The van der Waals surface area contributed by atoms with Gasteiger partial charge in [-0.25, -0.2) is 4.39 Å². The van der Waals surface area contributed by atoms with Gasteiger partial charge < -0.3 is 16.0 Å². The summed E-state index contributed by atoms with van der Waals surface area (Å²) in [5, 5.41) is 2.40. The Morgan fingerprint density at radius 2 is 2.05 bits per heavy atom. The Morgan fingerprint density at radius 1 is 1.32 bits per heavy atom. The van der Waals surface area contributed by atoms with Crippen LogP contribution in [0.25, 0.3) is 0 Å². The molecule has 6 heteroatoms. The van der Waals surface area contributed by atoms with Crippen molar-refractivity contribution in [2.45, 2.75) is 6.92 Å². The second-order valence-corrected chi connectivity index (χ2v) is 4.07. The maximum absolute atomic E-state index is 13.1. The highest BCUT2D eigenvalue weighted by Crippen LogP contribution is 2.19.